The summed E-state index contributed by atoms with van der Waals surface area (Å²) in [6, 6.07) is 3.44. The van der Waals surface area contributed by atoms with Crippen molar-refractivity contribution in [2.24, 2.45) is 0 Å². The third kappa shape index (κ3) is 4.79. The minimum Gasteiger partial charge on any atom is -0.352 e. The van der Waals surface area contributed by atoms with E-state index in [9.17, 15) is 13.2 Å². The molecule has 1 aromatic heterocycles. The summed E-state index contributed by atoms with van der Waals surface area (Å²) in [6.07, 6.45) is 7.98. The fraction of sp³-hybridized carbons (Fsp3) is 0.667. The second-order valence-electron chi connectivity index (χ2n) is 5.80. The average molecular weight is 345 g/mol. The maximum absolute atomic E-state index is 12.3. The highest BCUT2D eigenvalue weighted by Crippen LogP contribution is 2.20. The van der Waals surface area contributed by atoms with E-state index in [-0.39, 0.29) is 22.7 Å². The lowest BCUT2D eigenvalue weighted by molar-refractivity contribution is -0.121. The molecule has 1 aliphatic rings. The van der Waals surface area contributed by atoms with Gasteiger partial charge in [-0.3, -0.25) is 4.79 Å². The van der Waals surface area contributed by atoms with Crippen LogP contribution < -0.4 is 5.32 Å². The van der Waals surface area contributed by atoms with Gasteiger partial charge < -0.3 is 5.32 Å². The molecule has 1 saturated carbocycles. The molecule has 0 bridgehead atoms. The van der Waals surface area contributed by atoms with Gasteiger partial charge in [-0.05, 0) is 24.3 Å². The second-order valence-corrected chi connectivity index (χ2v) is 9.02. The van der Waals surface area contributed by atoms with Crippen LogP contribution in [0.25, 0.3) is 0 Å². The predicted octanol–water partition coefficient (Wildman–Crippen LogP) is 2.60. The van der Waals surface area contributed by atoms with Gasteiger partial charge in [0.25, 0.3) is 10.0 Å². The Bertz CT molecular complexity index is 562. The van der Waals surface area contributed by atoms with Crippen molar-refractivity contribution in [3.8, 4) is 0 Å². The van der Waals surface area contributed by atoms with Crippen LogP contribution in [0.1, 0.15) is 44.9 Å². The van der Waals surface area contributed by atoms with Gasteiger partial charge in [0.05, 0.1) is 6.54 Å². The molecular formula is C15H24N2O3S2. The van der Waals surface area contributed by atoms with Crippen LogP contribution in [0.15, 0.2) is 21.7 Å². The van der Waals surface area contributed by atoms with Crippen molar-refractivity contribution in [3.63, 3.8) is 0 Å². The number of rotatable bonds is 5. The van der Waals surface area contributed by atoms with Crippen LogP contribution in [0.2, 0.25) is 0 Å². The van der Waals surface area contributed by atoms with Crippen molar-refractivity contribution in [2.75, 3.05) is 13.6 Å². The van der Waals surface area contributed by atoms with E-state index in [0.29, 0.717) is 0 Å². The van der Waals surface area contributed by atoms with Crippen molar-refractivity contribution in [1.82, 2.24) is 9.62 Å². The Morgan fingerprint density at radius 3 is 2.50 bits per heavy atom. The van der Waals surface area contributed by atoms with Gasteiger partial charge in [0.1, 0.15) is 4.21 Å². The van der Waals surface area contributed by atoms with E-state index in [4.69, 9.17) is 0 Å². The SMILES string of the molecule is CN(CC(=O)NC1CCCCCCC1)S(=O)(=O)c1cccs1. The minimum absolute atomic E-state index is 0.128. The van der Waals surface area contributed by atoms with E-state index in [1.807, 2.05) is 0 Å². The molecular weight excluding hydrogens is 320 g/mol. The Labute approximate surface area is 136 Å². The number of likely N-dealkylation sites (N-methyl/N-ethyl adjacent to an activating group) is 1. The lowest BCUT2D eigenvalue weighted by Crippen LogP contribution is -2.42. The highest BCUT2D eigenvalue weighted by atomic mass is 32.2. The number of hydrogen-bond donors (Lipinski definition) is 1. The highest BCUT2D eigenvalue weighted by Gasteiger charge is 2.24. The summed E-state index contributed by atoms with van der Waals surface area (Å²) in [4.78, 5) is 12.1. The van der Waals surface area contributed by atoms with E-state index in [2.05, 4.69) is 5.32 Å². The molecule has 0 saturated heterocycles. The van der Waals surface area contributed by atoms with E-state index in [1.54, 1.807) is 17.5 Å². The summed E-state index contributed by atoms with van der Waals surface area (Å²) in [5.41, 5.74) is 0. The number of thiophene rings is 1. The van der Waals surface area contributed by atoms with Gasteiger partial charge in [-0.2, -0.15) is 4.31 Å². The number of nitrogens with one attached hydrogen (secondary N) is 1. The van der Waals surface area contributed by atoms with Gasteiger partial charge in [-0.15, -0.1) is 11.3 Å². The van der Waals surface area contributed by atoms with Crippen molar-refractivity contribution in [2.45, 2.75) is 55.2 Å². The number of hydrogen-bond acceptors (Lipinski definition) is 4. The zero-order chi connectivity index (χ0) is 16.0. The third-order valence-electron chi connectivity index (χ3n) is 4.00. The predicted molar refractivity (Wildman–Crippen MR) is 88.4 cm³/mol. The molecule has 0 unspecified atom stereocenters. The maximum Gasteiger partial charge on any atom is 0.252 e. The molecule has 0 aliphatic heterocycles. The van der Waals surface area contributed by atoms with Gasteiger partial charge in [0.15, 0.2) is 0 Å². The molecule has 0 atom stereocenters. The van der Waals surface area contributed by atoms with E-state index >= 15 is 0 Å². The first kappa shape index (κ1) is 17.4. The standard InChI is InChI=1S/C15H24N2O3S2/c1-17(22(19,20)15-10-7-11-21-15)12-14(18)16-13-8-5-3-2-4-6-9-13/h7,10-11,13H,2-6,8-9,12H2,1H3,(H,16,18). The summed E-state index contributed by atoms with van der Waals surface area (Å²) in [5.74, 6) is -0.215. The van der Waals surface area contributed by atoms with E-state index < -0.39 is 10.0 Å². The van der Waals surface area contributed by atoms with Crippen molar-refractivity contribution >= 4 is 27.3 Å². The Morgan fingerprint density at radius 1 is 1.27 bits per heavy atom. The molecule has 1 fully saturated rings. The van der Waals surface area contributed by atoms with Crippen LogP contribution in [0.3, 0.4) is 0 Å². The summed E-state index contributed by atoms with van der Waals surface area (Å²) >= 11 is 1.16. The summed E-state index contributed by atoms with van der Waals surface area (Å²) in [5, 5.41) is 4.71. The largest absolute Gasteiger partial charge is 0.352 e. The fourth-order valence-electron chi connectivity index (χ4n) is 2.72. The molecule has 2 rings (SSSR count). The molecule has 1 aromatic rings. The van der Waals surface area contributed by atoms with Crippen LogP contribution in [0.4, 0.5) is 0 Å². The quantitative estimate of drug-likeness (QED) is 0.893. The van der Waals surface area contributed by atoms with Crippen LogP contribution >= 0.6 is 11.3 Å². The molecule has 0 radical (unpaired) electrons. The zero-order valence-corrected chi connectivity index (χ0v) is 14.6. The van der Waals surface area contributed by atoms with Crippen molar-refractivity contribution in [1.29, 1.82) is 0 Å². The molecule has 5 nitrogen and oxygen atoms in total. The van der Waals surface area contributed by atoms with Crippen LogP contribution in [0, 0.1) is 0 Å². The summed E-state index contributed by atoms with van der Waals surface area (Å²) in [7, 11) is -2.10. The van der Waals surface area contributed by atoms with Gasteiger partial charge in [0, 0.05) is 13.1 Å². The van der Waals surface area contributed by atoms with E-state index in [1.165, 1.54) is 26.3 Å². The number of nitrogens with zero attached hydrogens (tertiary/aromatic N) is 1. The Balaban J connectivity index is 1.88. The van der Waals surface area contributed by atoms with Gasteiger partial charge in [-0.25, -0.2) is 8.42 Å². The monoisotopic (exact) mass is 344 g/mol. The Morgan fingerprint density at radius 2 is 1.91 bits per heavy atom. The Kier molecular flexibility index (Phi) is 6.40. The summed E-state index contributed by atoms with van der Waals surface area (Å²) < 4.78 is 25.9. The lowest BCUT2D eigenvalue weighted by atomic mass is 9.97. The molecule has 22 heavy (non-hydrogen) atoms. The molecule has 7 heteroatoms. The molecule has 0 aromatic carbocycles. The van der Waals surface area contributed by atoms with Crippen molar-refractivity contribution < 1.29 is 13.2 Å². The van der Waals surface area contributed by atoms with Crippen LogP contribution in [-0.4, -0.2) is 38.3 Å². The molecule has 124 valence electrons. The maximum atomic E-state index is 12.3. The van der Waals surface area contributed by atoms with Crippen LogP contribution in [-0.2, 0) is 14.8 Å². The van der Waals surface area contributed by atoms with Gasteiger partial charge in [-0.1, -0.05) is 38.2 Å². The minimum atomic E-state index is -3.55. The first-order valence-corrected chi connectivity index (χ1v) is 10.1. The molecule has 1 N–H and O–H groups in total. The fourth-order valence-corrected chi connectivity index (χ4v) is 5.05. The third-order valence-corrected chi connectivity index (χ3v) is 7.17. The lowest BCUT2D eigenvalue weighted by Gasteiger charge is -2.22. The number of carbonyl (C=O) groups is 1. The smallest absolute Gasteiger partial charge is 0.252 e. The number of sulfonamides is 1. The topological polar surface area (TPSA) is 66.5 Å². The summed E-state index contributed by atoms with van der Waals surface area (Å²) in [6.45, 7) is -0.128. The first-order chi connectivity index (χ1) is 10.5. The average Bonchev–Trinajstić information content (AvgIpc) is 2.96. The Hall–Kier alpha value is -0.920. The second kappa shape index (κ2) is 8.08. The van der Waals surface area contributed by atoms with Crippen LogP contribution in [0.5, 0.6) is 0 Å². The number of amides is 1. The van der Waals surface area contributed by atoms with Gasteiger partial charge in [0.2, 0.25) is 5.91 Å². The first-order valence-electron chi connectivity index (χ1n) is 7.79. The number of carbonyl (C=O) groups excluding carboxylic acids is 1. The highest BCUT2D eigenvalue weighted by molar-refractivity contribution is 7.91. The van der Waals surface area contributed by atoms with Crippen molar-refractivity contribution in [3.05, 3.63) is 17.5 Å². The normalized spacial score (nSPS) is 17.9. The molecule has 0 spiro atoms. The molecule has 1 aliphatic carbocycles. The molecule has 1 heterocycles. The van der Waals surface area contributed by atoms with Gasteiger partial charge >= 0.3 is 0 Å². The van der Waals surface area contributed by atoms with E-state index in [0.717, 1.165) is 41.3 Å². The zero-order valence-electron chi connectivity index (χ0n) is 13.0. The molecule has 1 amide bonds.